The van der Waals surface area contributed by atoms with E-state index < -0.39 is 5.82 Å². The highest BCUT2D eigenvalue weighted by molar-refractivity contribution is 6.45. The predicted octanol–water partition coefficient (Wildman–Crippen LogP) is 1.58. The summed E-state index contributed by atoms with van der Waals surface area (Å²) >= 11 is 6.05. The van der Waals surface area contributed by atoms with Crippen molar-refractivity contribution in [3.05, 3.63) is 41.4 Å². The van der Waals surface area contributed by atoms with Gasteiger partial charge in [-0.3, -0.25) is 9.69 Å². The highest BCUT2D eigenvalue weighted by Crippen LogP contribution is 2.35. The number of piperazine rings is 1. The van der Waals surface area contributed by atoms with E-state index in [1.54, 1.807) is 44.1 Å². The van der Waals surface area contributed by atoms with Gasteiger partial charge in [-0.2, -0.15) is 0 Å². The van der Waals surface area contributed by atoms with Crippen LogP contribution in [0, 0.1) is 5.82 Å². The van der Waals surface area contributed by atoms with E-state index in [0.717, 1.165) is 0 Å². The summed E-state index contributed by atoms with van der Waals surface area (Å²) in [7, 11) is 6.96. The van der Waals surface area contributed by atoms with E-state index in [1.165, 1.54) is 13.4 Å². The van der Waals surface area contributed by atoms with Gasteiger partial charge in [-0.05, 0) is 19.2 Å². The summed E-state index contributed by atoms with van der Waals surface area (Å²) in [6, 6.07) is 6.73. The van der Waals surface area contributed by atoms with Gasteiger partial charge in [0, 0.05) is 25.0 Å². The number of nitrogens with zero attached hydrogens (tertiary/aromatic N) is 4. The van der Waals surface area contributed by atoms with Crippen molar-refractivity contribution in [3.8, 4) is 11.5 Å². The summed E-state index contributed by atoms with van der Waals surface area (Å²) in [6.07, 6.45) is 1.39. The van der Waals surface area contributed by atoms with E-state index in [9.17, 15) is 9.18 Å². The molecule has 3 aromatic rings. The fourth-order valence-electron chi connectivity index (χ4n) is 3.75. The number of hydrogen-bond acceptors (Lipinski definition) is 7. The molecular formula is C22H24BClFN5O3. The molecule has 0 unspecified atom stereocenters. The molecule has 11 heteroatoms. The van der Waals surface area contributed by atoms with E-state index in [0.29, 0.717) is 53.4 Å². The second kappa shape index (κ2) is 9.40. The standard InChI is InChI=1S/C22H24BClFN5O3/c1-29-8-12(30(2)19(31)9-29)10-33-18-7-16-13(6-17(18)32-3)22(27-11-26-16)28-15-5-4-14(23)20(24)21(15)25/h4-7,11-12H,8-10,23H2,1-3H3,(H,26,27,28)/t12-/m0/s1. The van der Waals surface area contributed by atoms with Crippen molar-refractivity contribution in [2.24, 2.45) is 0 Å². The number of carbonyl (C=O) groups is 1. The van der Waals surface area contributed by atoms with Crippen LogP contribution in [0.5, 0.6) is 11.5 Å². The Labute approximate surface area is 197 Å². The molecular weight excluding hydrogens is 448 g/mol. The number of nitrogens with one attached hydrogen (secondary N) is 1. The molecule has 2 aromatic carbocycles. The molecule has 0 spiro atoms. The number of rotatable bonds is 6. The molecule has 2 heterocycles. The first kappa shape index (κ1) is 23.1. The molecule has 1 amide bonds. The summed E-state index contributed by atoms with van der Waals surface area (Å²) in [5.41, 5.74) is 1.44. The Kier molecular flexibility index (Phi) is 6.57. The number of benzene rings is 2. The van der Waals surface area contributed by atoms with Gasteiger partial charge in [-0.25, -0.2) is 14.4 Å². The molecule has 0 aliphatic carbocycles. The van der Waals surface area contributed by atoms with E-state index >= 15 is 0 Å². The Morgan fingerprint density at radius 1 is 1.27 bits per heavy atom. The lowest BCUT2D eigenvalue weighted by Gasteiger charge is -2.37. The molecule has 8 nitrogen and oxygen atoms in total. The Bertz CT molecular complexity index is 1210. The van der Waals surface area contributed by atoms with Crippen LogP contribution in [0.4, 0.5) is 15.9 Å². The topological polar surface area (TPSA) is 79.8 Å². The molecule has 1 aromatic heterocycles. The highest BCUT2D eigenvalue weighted by atomic mass is 35.5. The van der Waals surface area contributed by atoms with Crippen LogP contribution < -0.4 is 20.3 Å². The number of ether oxygens (including phenoxy) is 2. The zero-order valence-corrected chi connectivity index (χ0v) is 19.6. The highest BCUT2D eigenvalue weighted by Gasteiger charge is 2.28. The SMILES string of the molecule is Bc1ccc(Nc2ncnc3cc(OC[C@@H]4CN(C)CC(=O)N4C)c(OC)cc23)c(F)c1Cl. The third-order valence-corrected chi connectivity index (χ3v) is 6.21. The Hall–Kier alpha value is -3.11. The van der Waals surface area contributed by atoms with E-state index in [-0.39, 0.29) is 22.7 Å². The van der Waals surface area contributed by atoms with Gasteiger partial charge < -0.3 is 19.7 Å². The van der Waals surface area contributed by atoms with Crippen LogP contribution >= 0.6 is 11.6 Å². The number of methoxy groups -OCH3 is 1. The van der Waals surface area contributed by atoms with Crippen molar-refractivity contribution >= 4 is 53.2 Å². The van der Waals surface area contributed by atoms with E-state index in [2.05, 4.69) is 15.3 Å². The molecule has 33 heavy (non-hydrogen) atoms. The minimum absolute atomic E-state index is 0.0507. The summed E-state index contributed by atoms with van der Waals surface area (Å²) in [6.45, 7) is 1.41. The monoisotopic (exact) mass is 471 g/mol. The lowest BCUT2D eigenvalue weighted by Crippen LogP contribution is -2.55. The molecule has 1 atom stereocenters. The molecule has 172 valence electrons. The number of likely N-dealkylation sites (N-methyl/N-ethyl adjacent to an activating group) is 2. The van der Waals surface area contributed by atoms with Gasteiger partial charge in [-0.15, -0.1) is 0 Å². The maximum absolute atomic E-state index is 14.6. The molecule has 1 N–H and O–H groups in total. The number of amides is 1. The van der Waals surface area contributed by atoms with Crippen LogP contribution in [0.2, 0.25) is 5.02 Å². The smallest absolute Gasteiger partial charge is 0.236 e. The van der Waals surface area contributed by atoms with Crippen molar-refractivity contribution in [2.75, 3.05) is 46.2 Å². The normalized spacial score (nSPS) is 16.8. The minimum Gasteiger partial charge on any atom is -0.493 e. The summed E-state index contributed by atoms with van der Waals surface area (Å²) in [4.78, 5) is 24.4. The first-order chi connectivity index (χ1) is 15.8. The van der Waals surface area contributed by atoms with Gasteiger partial charge in [0.05, 0.1) is 35.9 Å². The third kappa shape index (κ3) is 4.67. The number of fused-ring (bicyclic) bond motifs is 1. The van der Waals surface area contributed by atoms with Gasteiger partial charge in [0.25, 0.3) is 0 Å². The van der Waals surface area contributed by atoms with E-state index in [1.807, 2.05) is 11.9 Å². The van der Waals surface area contributed by atoms with Crippen molar-refractivity contribution in [2.45, 2.75) is 6.04 Å². The van der Waals surface area contributed by atoms with Crippen LogP contribution in [0.15, 0.2) is 30.6 Å². The van der Waals surface area contributed by atoms with Gasteiger partial charge >= 0.3 is 0 Å². The molecule has 1 fully saturated rings. The fourth-order valence-corrected chi connectivity index (χ4v) is 3.91. The average Bonchev–Trinajstić information content (AvgIpc) is 2.80. The van der Waals surface area contributed by atoms with Crippen molar-refractivity contribution in [1.29, 1.82) is 0 Å². The van der Waals surface area contributed by atoms with Gasteiger partial charge in [0.15, 0.2) is 17.3 Å². The molecule has 4 rings (SSSR count). The zero-order valence-electron chi connectivity index (χ0n) is 18.9. The molecule has 1 aliphatic heterocycles. The van der Waals surface area contributed by atoms with Crippen molar-refractivity contribution < 1.29 is 18.7 Å². The lowest BCUT2D eigenvalue weighted by atomic mass is 9.96. The van der Waals surface area contributed by atoms with Gasteiger partial charge in [-0.1, -0.05) is 23.1 Å². The summed E-state index contributed by atoms with van der Waals surface area (Å²) in [5, 5.41) is 3.68. The maximum Gasteiger partial charge on any atom is 0.236 e. The fraction of sp³-hybridized carbons (Fsp3) is 0.318. The summed E-state index contributed by atoms with van der Waals surface area (Å²) < 4.78 is 26.2. The second-order valence-corrected chi connectivity index (χ2v) is 8.47. The van der Waals surface area contributed by atoms with Crippen molar-refractivity contribution in [1.82, 2.24) is 19.8 Å². The molecule has 1 aliphatic rings. The molecule has 0 radical (unpaired) electrons. The van der Waals surface area contributed by atoms with Crippen molar-refractivity contribution in [3.63, 3.8) is 0 Å². The van der Waals surface area contributed by atoms with Crippen LogP contribution in [0.25, 0.3) is 10.9 Å². The van der Waals surface area contributed by atoms with Gasteiger partial charge in [0.2, 0.25) is 5.91 Å². The quantitative estimate of drug-likeness (QED) is 0.547. The van der Waals surface area contributed by atoms with Crippen LogP contribution in [-0.2, 0) is 4.79 Å². The number of aromatic nitrogens is 2. The van der Waals surface area contributed by atoms with Crippen LogP contribution in [-0.4, -0.2) is 80.5 Å². The Morgan fingerprint density at radius 3 is 2.82 bits per heavy atom. The number of halogens is 2. The molecule has 0 bridgehead atoms. The summed E-state index contributed by atoms with van der Waals surface area (Å²) in [5.74, 6) is 0.873. The minimum atomic E-state index is -0.550. The largest absolute Gasteiger partial charge is 0.493 e. The molecule has 0 saturated carbocycles. The first-order valence-electron chi connectivity index (χ1n) is 10.4. The maximum atomic E-state index is 14.6. The van der Waals surface area contributed by atoms with Gasteiger partial charge in [0.1, 0.15) is 26.6 Å². The lowest BCUT2D eigenvalue weighted by molar-refractivity contribution is -0.138. The molecule has 1 saturated heterocycles. The predicted molar refractivity (Wildman–Crippen MR) is 129 cm³/mol. The number of carbonyl (C=O) groups excluding carboxylic acids is 1. The Morgan fingerprint density at radius 2 is 2.06 bits per heavy atom. The average molecular weight is 472 g/mol. The second-order valence-electron chi connectivity index (χ2n) is 8.09. The Balaban J connectivity index is 1.62. The first-order valence-corrected chi connectivity index (χ1v) is 10.8. The zero-order chi connectivity index (χ0) is 23.7. The van der Waals surface area contributed by atoms with E-state index in [4.69, 9.17) is 21.1 Å². The van der Waals surface area contributed by atoms with Crippen LogP contribution in [0.3, 0.4) is 0 Å². The number of hydrogen-bond donors (Lipinski definition) is 1. The number of anilines is 2. The third-order valence-electron chi connectivity index (χ3n) is 5.75. The van der Waals surface area contributed by atoms with Crippen LogP contribution in [0.1, 0.15) is 0 Å².